The maximum absolute atomic E-state index is 13.0. The number of carboxylic acid groups (broad SMARTS) is 1. The highest BCUT2D eigenvalue weighted by Gasteiger charge is 2.26. The molecule has 0 aromatic heterocycles. The number of anilines is 1. The van der Waals surface area contributed by atoms with Gasteiger partial charge in [-0.05, 0) is 54.6 Å². The van der Waals surface area contributed by atoms with Crippen LogP contribution in [0.2, 0.25) is 0 Å². The van der Waals surface area contributed by atoms with Crippen molar-refractivity contribution in [2.24, 2.45) is 4.40 Å². The second-order valence-corrected chi connectivity index (χ2v) is 8.67. The summed E-state index contributed by atoms with van der Waals surface area (Å²) in [7, 11) is -2.59. The molecule has 9 heteroatoms. The first-order chi connectivity index (χ1) is 15.8. The highest BCUT2D eigenvalue weighted by atomic mass is 32.2. The highest BCUT2D eigenvalue weighted by molar-refractivity contribution is 7.90. The molecule has 0 amide bonds. The Morgan fingerprint density at radius 3 is 2.18 bits per heavy atom. The van der Waals surface area contributed by atoms with Crippen LogP contribution in [0.3, 0.4) is 0 Å². The standard InChI is InChI=1S/C24H18N2O6S/c1-32-17-10-12-18(13-11-17)33(30,31)26-21-14-22(23(27)20-5-3-2-4-19(20)21)25-16-8-6-15(7-9-16)24(28)29/h2-14,25H,1H3,(H,28,29). The smallest absolute Gasteiger partial charge is 0.335 e. The Morgan fingerprint density at radius 2 is 1.58 bits per heavy atom. The van der Waals surface area contributed by atoms with Crippen LogP contribution in [-0.2, 0) is 10.0 Å². The van der Waals surface area contributed by atoms with Gasteiger partial charge in [-0.3, -0.25) is 4.79 Å². The van der Waals surface area contributed by atoms with Crippen molar-refractivity contribution in [2.45, 2.75) is 4.90 Å². The van der Waals surface area contributed by atoms with Crippen LogP contribution in [0, 0.1) is 0 Å². The van der Waals surface area contributed by atoms with Gasteiger partial charge in [0.25, 0.3) is 10.0 Å². The van der Waals surface area contributed by atoms with Crippen molar-refractivity contribution >= 4 is 33.2 Å². The van der Waals surface area contributed by atoms with Gasteiger partial charge in [-0.15, -0.1) is 0 Å². The molecule has 0 bridgehead atoms. The fourth-order valence-electron chi connectivity index (χ4n) is 3.28. The molecule has 1 aliphatic carbocycles. The molecule has 33 heavy (non-hydrogen) atoms. The average molecular weight is 462 g/mol. The molecule has 0 spiro atoms. The van der Waals surface area contributed by atoms with E-state index in [1.165, 1.54) is 61.7 Å². The van der Waals surface area contributed by atoms with Gasteiger partial charge in [0.05, 0.1) is 29.0 Å². The van der Waals surface area contributed by atoms with Crippen molar-refractivity contribution < 1.29 is 27.9 Å². The third kappa shape index (κ3) is 4.53. The first kappa shape index (κ1) is 22.0. The van der Waals surface area contributed by atoms with Crippen LogP contribution < -0.4 is 10.1 Å². The van der Waals surface area contributed by atoms with Crippen LogP contribution in [0.15, 0.2) is 93.9 Å². The fourth-order valence-corrected chi connectivity index (χ4v) is 4.27. The molecule has 0 heterocycles. The third-order valence-electron chi connectivity index (χ3n) is 4.96. The average Bonchev–Trinajstić information content (AvgIpc) is 2.82. The maximum Gasteiger partial charge on any atom is 0.335 e. The van der Waals surface area contributed by atoms with E-state index in [9.17, 15) is 18.0 Å². The molecule has 2 N–H and O–H groups in total. The lowest BCUT2D eigenvalue weighted by atomic mass is 9.92. The number of methoxy groups -OCH3 is 1. The number of nitrogens with zero attached hydrogens (tertiary/aromatic N) is 1. The number of ketones is 1. The molecular formula is C24H18N2O6S. The number of nitrogens with one attached hydrogen (secondary N) is 1. The molecule has 3 aromatic carbocycles. The first-order valence-electron chi connectivity index (χ1n) is 9.74. The number of ether oxygens (including phenoxy) is 1. The van der Waals surface area contributed by atoms with E-state index < -0.39 is 16.0 Å². The zero-order chi connectivity index (χ0) is 23.6. The second kappa shape index (κ2) is 8.71. The van der Waals surface area contributed by atoms with E-state index in [1.807, 2.05) is 0 Å². The summed E-state index contributed by atoms with van der Waals surface area (Å²) in [6.07, 6.45) is 1.37. The van der Waals surface area contributed by atoms with E-state index >= 15 is 0 Å². The molecule has 0 fully saturated rings. The summed E-state index contributed by atoms with van der Waals surface area (Å²) in [5, 5.41) is 12.0. The maximum atomic E-state index is 13.0. The third-order valence-corrected chi connectivity index (χ3v) is 6.26. The topological polar surface area (TPSA) is 122 Å². The number of sulfonamides is 1. The lowest BCUT2D eigenvalue weighted by molar-refractivity contribution is 0.0696. The zero-order valence-electron chi connectivity index (χ0n) is 17.3. The monoisotopic (exact) mass is 462 g/mol. The minimum absolute atomic E-state index is 0.0163. The van der Waals surface area contributed by atoms with Gasteiger partial charge in [0.2, 0.25) is 5.78 Å². The normalized spacial score (nSPS) is 14.4. The van der Waals surface area contributed by atoms with Crippen LogP contribution in [-0.4, -0.2) is 38.1 Å². The van der Waals surface area contributed by atoms with E-state index in [1.54, 1.807) is 24.3 Å². The summed E-state index contributed by atoms with van der Waals surface area (Å²) in [5.41, 5.74) is 1.48. The Bertz CT molecular complexity index is 1410. The summed E-state index contributed by atoms with van der Waals surface area (Å²) < 4.78 is 34.9. The molecule has 0 aliphatic heterocycles. The van der Waals surface area contributed by atoms with E-state index in [-0.39, 0.29) is 27.7 Å². The number of hydrogen-bond donors (Lipinski definition) is 2. The number of fused-ring (bicyclic) bond motifs is 1. The molecule has 1 aliphatic rings. The second-order valence-electron chi connectivity index (χ2n) is 7.07. The Labute approximate surface area is 189 Å². The van der Waals surface area contributed by atoms with Crippen LogP contribution >= 0.6 is 0 Å². The summed E-state index contributed by atoms with van der Waals surface area (Å²) in [4.78, 5) is 24.0. The van der Waals surface area contributed by atoms with Crippen molar-refractivity contribution in [3.63, 3.8) is 0 Å². The molecule has 0 unspecified atom stereocenters. The Hall–Kier alpha value is -4.24. The number of carbonyl (C=O) groups excluding carboxylic acids is 1. The van der Waals surface area contributed by atoms with Gasteiger partial charge >= 0.3 is 5.97 Å². The lowest BCUT2D eigenvalue weighted by Gasteiger charge is -2.19. The zero-order valence-corrected chi connectivity index (χ0v) is 18.2. The molecule has 0 saturated heterocycles. The number of hydrogen-bond acceptors (Lipinski definition) is 6. The minimum Gasteiger partial charge on any atom is -0.497 e. The Kier molecular flexibility index (Phi) is 5.80. The molecule has 8 nitrogen and oxygen atoms in total. The van der Waals surface area contributed by atoms with Crippen molar-refractivity contribution in [3.8, 4) is 5.75 Å². The first-order valence-corrected chi connectivity index (χ1v) is 11.2. The lowest BCUT2D eigenvalue weighted by Crippen LogP contribution is -2.22. The van der Waals surface area contributed by atoms with Gasteiger partial charge in [0.1, 0.15) is 5.75 Å². The molecule has 166 valence electrons. The molecule has 3 aromatic rings. The summed E-state index contributed by atoms with van der Waals surface area (Å²) in [6.45, 7) is 0. The minimum atomic E-state index is -4.07. The van der Waals surface area contributed by atoms with Gasteiger partial charge in [0, 0.05) is 16.8 Å². The number of carbonyl (C=O) groups is 2. The molecule has 4 rings (SSSR count). The van der Waals surface area contributed by atoms with Crippen LogP contribution in [0.1, 0.15) is 26.3 Å². The fraction of sp³-hybridized carbons (Fsp3) is 0.0417. The van der Waals surface area contributed by atoms with Crippen molar-refractivity contribution in [3.05, 3.63) is 101 Å². The van der Waals surface area contributed by atoms with Crippen LogP contribution in [0.25, 0.3) is 0 Å². The molecular weight excluding hydrogens is 444 g/mol. The van der Waals surface area contributed by atoms with Crippen molar-refractivity contribution in [1.82, 2.24) is 0 Å². The quantitative estimate of drug-likeness (QED) is 0.572. The van der Waals surface area contributed by atoms with E-state index in [0.29, 0.717) is 22.6 Å². The van der Waals surface area contributed by atoms with E-state index in [0.717, 1.165) is 0 Å². The summed E-state index contributed by atoms with van der Waals surface area (Å²) in [5.74, 6) is -0.897. The number of rotatable bonds is 6. The SMILES string of the molecule is COc1ccc(S(=O)(=O)N=C2C=C(Nc3ccc(C(=O)O)cc3)C(=O)c3ccccc32)cc1. The molecule has 0 radical (unpaired) electrons. The van der Waals surface area contributed by atoms with Crippen LogP contribution in [0.5, 0.6) is 5.75 Å². The van der Waals surface area contributed by atoms with Gasteiger partial charge in [-0.25, -0.2) is 4.79 Å². The largest absolute Gasteiger partial charge is 0.497 e. The van der Waals surface area contributed by atoms with Gasteiger partial charge < -0.3 is 15.2 Å². The summed E-state index contributed by atoms with van der Waals surface area (Å²) in [6, 6.07) is 18.3. The van der Waals surface area contributed by atoms with E-state index in [4.69, 9.17) is 9.84 Å². The van der Waals surface area contributed by atoms with E-state index in [2.05, 4.69) is 9.71 Å². The number of benzene rings is 3. The predicted molar refractivity (Wildman–Crippen MR) is 123 cm³/mol. The predicted octanol–water partition coefficient (Wildman–Crippen LogP) is 3.76. The Morgan fingerprint density at radius 1 is 0.939 bits per heavy atom. The van der Waals surface area contributed by atoms with Crippen LogP contribution in [0.4, 0.5) is 5.69 Å². The number of allylic oxidation sites excluding steroid dienone is 2. The highest BCUT2D eigenvalue weighted by Crippen LogP contribution is 2.26. The van der Waals surface area contributed by atoms with Gasteiger partial charge in [0.15, 0.2) is 0 Å². The van der Waals surface area contributed by atoms with Gasteiger partial charge in [-0.2, -0.15) is 12.8 Å². The molecule has 0 saturated carbocycles. The summed E-state index contributed by atoms with van der Waals surface area (Å²) >= 11 is 0. The van der Waals surface area contributed by atoms with Crippen molar-refractivity contribution in [2.75, 3.05) is 12.4 Å². The number of carboxylic acids is 1. The Balaban J connectivity index is 1.75. The number of aromatic carboxylic acids is 1. The number of Topliss-reactive ketones (excluding diaryl/α,β-unsaturated/α-hetero) is 1. The molecule has 0 atom stereocenters. The van der Waals surface area contributed by atoms with Crippen molar-refractivity contribution in [1.29, 1.82) is 0 Å². The van der Waals surface area contributed by atoms with Gasteiger partial charge in [-0.1, -0.05) is 24.3 Å².